The molecule has 1 N–H and O–H groups in total. The van der Waals surface area contributed by atoms with Crippen LogP contribution in [0.1, 0.15) is 46.9 Å². The van der Waals surface area contributed by atoms with Crippen LogP contribution >= 0.6 is 0 Å². The Labute approximate surface area is 138 Å². The molecule has 0 atom stereocenters. The molecule has 0 radical (unpaired) electrons. The van der Waals surface area contributed by atoms with Crippen molar-refractivity contribution in [2.75, 3.05) is 14.1 Å². The zero-order chi connectivity index (χ0) is 17.0. The van der Waals surface area contributed by atoms with Crippen molar-refractivity contribution in [3.63, 3.8) is 0 Å². The van der Waals surface area contributed by atoms with Gasteiger partial charge in [-0.2, -0.15) is 5.10 Å². The van der Waals surface area contributed by atoms with E-state index in [1.807, 2.05) is 36.0 Å². The van der Waals surface area contributed by atoms with Crippen molar-refractivity contribution in [3.05, 3.63) is 52.8 Å². The molecule has 0 fully saturated rings. The van der Waals surface area contributed by atoms with Crippen LogP contribution in [0.5, 0.6) is 0 Å². The van der Waals surface area contributed by atoms with E-state index >= 15 is 0 Å². The summed E-state index contributed by atoms with van der Waals surface area (Å²) in [7, 11) is 5.48. The second kappa shape index (κ2) is 7.42. The highest BCUT2D eigenvalue weighted by Gasteiger charge is 2.11. The van der Waals surface area contributed by atoms with E-state index < -0.39 is 0 Å². The largest absolute Gasteiger partial charge is 0.345 e. The zero-order valence-corrected chi connectivity index (χ0v) is 14.6. The third-order valence-electron chi connectivity index (χ3n) is 3.71. The van der Waals surface area contributed by atoms with Crippen LogP contribution in [-0.4, -0.2) is 34.7 Å². The first kappa shape index (κ1) is 17.2. The van der Waals surface area contributed by atoms with Gasteiger partial charge in [0.2, 0.25) is 0 Å². The normalized spacial score (nSPS) is 11.0. The number of aromatic nitrogens is 2. The maximum Gasteiger partial charge on any atom is 0.253 e. The average Bonchev–Trinajstić information content (AvgIpc) is 2.88. The quantitative estimate of drug-likeness (QED) is 0.891. The second-order valence-electron chi connectivity index (χ2n) is 6.37. The molecular weight excluding hydrogens is 288 g/mol. The summed E-state index contributed by atoms with van der Waals surface area (Å²) < 4.78 is 1.86. The van der Waals surface area contributed by atoms with Crippen LogP contribution in [-0.2, 0) is 20.1 Å². The fourth-order valence-electron chi connectivity index (χ4n) is 2.59. The topological polar surface area (TPSA) is 50.2 Å². The molecular formula is C18H26N4O. The molecule has 5 heteroatoms. The molecule has 0 unspecified atom stereocenters. The van der Waals surface area contributed by atoms with E-state index in [2.05, 4.69) is 30.5 Å². The van der Waals surface area contributed by atoms with Crippen LogP contribution in [0.15, 0.2) is 30.5 Å². The Bertz CT molecular complexity index is 673. The molecule has 124 valence electrons. The first-order valence-corrected chi connectivity index (χ1v) is 7.92. The lowest BCUT2D eigenvalue weighted by Crippen LogP contribution is -2.22. The minimum atomic E-state index is 0.0289. The number of amides is 1. The van der Waals surface area contributed by atoms with Crippen molar-refractivity contribution in [2.24, 2.45) is 7.05 Å². The third-order valence-corrected chi connectivity index (χ3v) is 3.71. The monoisotopic (exact) mass is 314 g/mol. The molecule has 0 saturated carbocycles. The van der Waals surface area contributed by atoms with E-state index in [4.69, 9.17) is 0 Å². The van der Waals surface area contributed by atoms with Crippen LogP contribution < -0.4 is 5.32 Å². The summed E-state index contributed by atoms with van der Waals surface area (Å²) in [6.45, 7) is 5.80. The summed E-state index contributed by atoms with van der Waals surface area (Å²) in [6, 6.07) is 7.76. The van der Waals surface area contributed by atoms with E-state index in [0.29, 0.717) is 5.92 Å². The zero-order valence-electron chi connectivity index (χ0n) is 14.6. The van der Waals surface area contributed by atoms with Crippen LogP contribution in [0.4, 0.5) is 0 Å². The Hall–Kier alpha value is -2.14. The molecule has 0 aliphatic heterocycles. The number of nitrogens with one attached hydrogen (secondary N) is 1. The molecule has 0 aliphatic rings. The number of carbonyl (C=O) groups excluding carboxylic acids is 1. The van der Waals surface area contributed by atoms with Crippen molar-refractivity contribution in [2.45, 2.75) is 32.9 Å². The molecule has 1 aromatic carbocycles. The van der Waals surface area contributed by atoms with Gasteiger partial charge in [-0.1, -0.05) is 26.0 Å². The van der Waals surface area contributed by atoms with Gasteiger partial charge in [-0.3, -0.25) is 9.48 Å². The molecule has 5 nitrogen and oxygen atoms in total. The SMILES string of the molecule is CC(C)c1nn(C)cc1CNCc1cccc(C(=O)N(C)C)c1. The second-order valence-corrected chi connectivity index (χ2v) is 6.37. The van der Waals surface area contributed by atoms with Crippen molar-refractivity contribution in [1.82, 2.24) is 20.0 Å². The van der Waals surface area contributed by atoms with Crippen LogP contribution in [0, 0.1) is 0 Å². The average molecular weight is 314 g/mol. The fourth-order valence-corrected chi connectivity index (χ4v) is 2.59. The predicted octanol–water partition coefficient (Wildman–Crippen LogP) is 2.54. The summed E-state index contributed by atoms with van der Waals surface area (Å²) in [5, 5.41) is 7.96. The van der Waals surface area contributed by atoms with Gasteiger partial charge in [-0.25, -0.2) is 0 Å². The van der Waals surface area contributed by atoms with E-state index in [0.717, 1.165) is 29.9 Å². The summed E-state index contributed by atoms with van der Waals surface area (Å²) in [5.74, 6) is 0.440. The first-order chi connectivity index (χ1) is 10.9. The van der Waals surface area contributed by atoms with Crippen LogP contribution in [0.2, 0.25) is 0 Å². The number of benzene rings is 1. The molecule has 1 amide bonds. The van der Waals surface area contributed by atoms with Crippen molar-refractivity contribution in [3.8, 4) is 0 Å². The maximum atomic E-state index is 12.0. The van der Waals surface area contributed by atoms with E-state index in [9.17, 15) is 4.79 Å². The summed E-state index contributed by atoms with van der Waals surface area (Å²) in [4.78, 5) is 13.6. The fraction of sp³-hybridized carbons (Fsp3) is 0.444. The van der Waals surface area contributed by atoms with E-state index in [-0.39, 0.29) is 5.91 Å². The molecule has 0 spiro atoms. The highest BCUT2D eigenvalue weighted by atomic mass is 16.2. The lowest BCUT2D eigenvalue weighted by atomic mass is 10.1. The van der Waals surface area contributed by atoms with Gasteiger partial charge in [0.05, 0.1) is 5.69 Å². The minimum Gasteiger partial charge on any atom is -0.345 e. The van der Waals surface area contributed by atoms with E-state index in [1.165, 1.54) is 5.56 Å². The highest BCUT2D eigenvalue weighted by Crippen LogP contribution is 2.17. The van der Waals surface area contributed by atoms with Gasteiger partial charge >= 0.3 is 0 Å². The smallest absolute Gasteiger partial charge is 0.253 e. The Balaban J connectivity index is 1.99. The Morgan fingerprint density at radius 2 is 2.04 bits per heavy atom. The molecule has 2 rings (SSSR count). The van der Waals surface area contributed by atoms with Crippen molar-refractivity contribution < 1.29 is 4.79 Å². The van der Waals surface area contributed by atoms with Gasteiger partial charge in [-0.05, 0) is 23.6 Å². The summed E-state index contributed by atoms with van der Waals surface area (Å²) in [6.07, 6.45) is 2.06. The number of hydrogen-bond acceptors (Lipinski definition) is 3. The highest BCUT2D eigenvalue weighted by molar-refractivity contribution is 5.94. The molecule has 0 bridgehead atoms. The number of carbonyl (C=O) groups is 1. The van der Waals surface area contributed by atoms with Crippen LogP contribution in [0.25, 0.3) is 0 Å². The van der Waals surface area contributed by atoms with E-state index in [1.54, 1.807) is 19.0 Å². The Morgan fingerprint density at radius 3 is 2.70 bits per heavy atom. The molecule has 23 heavy (non-hydrogen) atoms. The summed E-state index contributed by atoms with van der Waals surface area (Å²) >= 11 is 0. The van der Waals surface area contributed by atoms with Gasteiger partial charge in [0.15, 0.2) is 0 Å². The standard InChI is InChI=1S/C18H26N4O/c1-13(2)17-16(12-22(5)20-17)11-19-10-14-7-6-8-15(9-14)18(23)21(3)4/h6-9,12-13,19H,10-11H2,1-5H3. The lowest BCUT2D eigenvalue weighted by Gasteiger charge is -2.12. The third kappa shape index (κ3) is 4.42. The number of hydrogen-bond donors (Lipinski definition) is 1. The summed E-state index contributed by atoms with van der Waals surface area (Å²) in [5.41, 5.74) is 4.19. The van der Waals surface area contributed by atoms with Gasteiger partial charge in [0, 0.05) is 51.6 Å². The first-order valence-electron chi connectivity index (χ1n) is 7.92. The molecule has 0 aliphatic carbocycles. The molecule has 1 heterocycles. The lowest BCUT2D eigenvalue weighted by molar-refractivity contribution is 0.0827. The van der Waals surface area contributed by atoms with Gasteiger partial charge in [0.1, 0.15) is 0 Å². The number of nitrogens with zero attached hydrogens (tertiary/aromatic N) is 3. The molecule has 1 aromatic heterocycles. The van der Waals surface area contributed by atoms with Crippen LogP contribution in [0.3, 0.4) is 0 Å². The Morgan fingerprint density at radius 1 is 1.30 bits per heavy atom. The van der Waals surface area contributed by atoms with Gasteiger partial charge in [0.25, 0.3) is 5.91 Å². The van der Waals surface area contributed by atoms with Crippen molar-refractivity contribution >= 4 is 5.91 Å². The minimum absolute atomic E-state index is 0.0289. The molecule has 0 saturated heterocycles. The van der Waals surface area contributed by atoms with Crippen molar-refractivity contribution in [1.29, 1.82) is 0 Å². The number of rotatable bonds is 6. The molecule has 2 aromatic rings. The predicted molar refractivity (Wildman–Crippen MR) is 92.3 cm³/mol. The van der Waals surface area contributed by atoms with Gasteiger partial charge in [-0.15, -0.1) is 0 Å². The Kier molecular flexibility index (Phi) is 5.55. The number of aryl methyl sites for hydroxylation is 1. The maximum absolute atomic E-state index is 12.0. The van der Waals surface area contributed by atoms with Gasteiger partial charge < -0.3 is 10.2 Å².